The summed E-state index contributed by atoms with van der Waals surface area (Å²) in [6, 6.07) is 3.53. The van der Waals surface area contributed by atoms with Crippen molar-refractivity contribution >= 4 is 42.9 Å². The van der Waals surface area contributed by atoms with Crippen molar-refractivity contribution in [1.29, 1.82) is 0 Å². The van der Waals surface area contributed by atoms with E-state index in [0.717, 1.165) is 8.95 Å². The first-order valence-electron chi connectivity index (χ1n) is 5.43. The van der Waals surface area contributed by atoms with Gasteiger partial charge in [0, 0.05) is 8.95 Å². The second kappa shape index (κ2) is 5.86. The molecule has 1 unspecified atom stereocenters. The number of benzene rings is 1. The fourth-order valence-electron chi connectivity index (χ4n) is 1.64. The molecule has 0 spiro atoms. The molecule has 1 aromatic heterocycles. The first-order valence-corrected chi connectivity index (χ1v) is 7.02. The Morgan fingerprint density at radius 1 is 1.16 bits per heavy atom. The fourth-order valence-corrected chi connectivity index (χ4v) is 2.32. The van der Waals surface area contributed by atoms with Crippen LogP contribution in [0.15, 0.2) is 21.1 Å². The Bertz CT molecular complexity index is 550. The average Bonchev–Trinajstić information content (AvgIpc) is 2.79. The molecule has 0 aliphatic carbocycles. The summed E-state index contributed by atoms with van der Waals surface area (Å²) in [6.07, 6.45) is -4.36. The predicted octanol–water partition coefficient (Wildman–Crippen LogP) is 0.835. The van der Waals surface area contributed by atoms with Crippen molar-refractivity contribution in [3.63, 3.8) is 0 Å². The standard InChI is InChI=1S/C11H12Br2N2O4/c12-4-1-6-7(2-5(4)13)15-11(14-6)10(19)9(18)8(17)3-16/h1-2,8-10,16-19H,3H2,(H,14,15)/t8-,9?,10+/m1/s1. The van der Waals surface area contributed by atoms with Crippen molar-refractivity contribution in [3.8, 4) is 0 Å². The topological polar surface area (TPSA) is 110 Å². The first-order chi connectivity index (χ1) is 8.93. The molecule has 0 fully saturated rings. The molecule has 0 radical (unpaired) electrons. The summed E-state index contributed by atoms with van der Waals surface area (Å²) in [5, 5.41) is 37.6. The van der Waals surface area contributed by atoms with Gasteiger partial charge in [-0.1, -0.05) is 0 Å². The minimum Gasteiger partial charge on any atom is -0.394 e. The highest BCUT2D eigenvalue weighted by Crippen LogP contribution is 2.29. The van der Waals surface area contributed by atoms with Crippen LogP contribution in [0.1, 0.15) is 11.9 Å². The lowest BCUT2D eigenvalue weighted by Gasteiger charge is -2.19. The van der Waals surface area contributed by atoms with Gasteiger partial charge in [0.05, 0.1) is 17.6 Å². The zero-order chi connectivity index (χ0) is 14.2. The number of hydrogen-bond acceptors (Lipinski definition) is 5. The van der Waals surface area contributed by atoms with Gasteiger partial charge >= 0.3 is 0 Å². The van der Waals surface area contributed by atoms with Crippen molar-refractivity contribution in [2.24, 2.45) is 0 Å². The molecule has 0 aliphatic rings. The molecule has 0 amide bonds. The number of nitrogens with one attached hydrogen (secondary N) is 1. The minimum atomic E-state index is -1.52. The Morgan fingerprint density at radius 2 is 1.79 bits per heavy atom. The quantitative estimate of drug-likeness (QED) is 0.526. The Labute approximate surface area is 125 Å². The molecular formula is C11H12Br2N2O4. The lowest BCUT2D eigenvalue weighted by atomic mass is 10.1. The van der Waals surface area contributed by atoms with Gasteiger partial charge in [-0.15, -0.1) is 0 Å². The molecule has 2 aromatic rings. The van der Waals surface area contributed by atoms with Crippen LogP contribution in [0.4, 0.5) is 0 Å². The maximum absolute atomic E-state index is 9.89. The van der Waals surface area contributed by atoms with E-state index in [1.807, 2.05) is 0 Å². The van der Waals surface area contributed by atoms with E-state index in [9.17, 15) is 15.3 Å². The van der Waals surface area contributed by atoms with Gasteiger partial charge in [-0.05, 0) is 44.0 Å². The van der Waals surface area contributed by atoms with Crippen molar-refractivity contribution in [1.82, 2.24) is 9.97 Å². The van der Waals surface area contributed by atoms with Gasteiger partial charge in [-0.2, -0.15) is 0 Å². The highest BCUT2D eigenvalue weighted by atomic mass is 79.9. The summed E-state index contributed by atoms with van der Waals surface area (Å²) in [7, 11) is 0. The smallest absolute Gasteiger partial charge is 0.140 e. The van der Waals surface area contributed by atoms with Gasteiger partial charge in [-0.3, -0.25) is 0 Å². The van der Waals surface area contributed by atoms with Crippen LogP contribution in [0.25, 0.3) is 11.0 Å². The molecule has 5 N–H and O–H groups in total. The summed E-state index contributed by atoms with van der Waals surface area (Å²) in [5.41, 5.74) is 1.28. The number of hydrogen-bond donors (Lipinski definition) is 5. The molecule has 8 heteroatoms. The highest BCUT2D eigenvalue weighted by molar-refractivity contribution is 9.13. The van der Waals surface area contributed by atoms with Gasteiger partial charge in [0.1, 0.15) is 24.1 Å². The molecule has 3 atom stereocenters. The third kappa shape index (κ3) is 2.99. The second-order valence-corrected chi connectivity index (χ2v) is 5.80. The predicted molar refractivity (Wildman–Crippen MR) is 75.6 cm³/mol. The molecule has 1 heterocycles. The average molecular weight is 396 g/mol. The zero-order valence-corrected chi connectivity index (χ0v) is 12.8. The van der Waals surface area contributed by atoms with E-state index in [4.69, 9.17) is 5.11 Å². The fraction of sp³-hybridized carbons (Fsp3) is 0.364. The minimum absolute atomic E-state index is 0.125. The third-order valence-corrected chi connectivity index (χ3v) is 4.57. The normalized spacial score (nSPS) is 16.5. The molecule has 1 aromatic carbocycles. The van der Waals surface area contributed by atoms with Crippen LogP contribution in [0.3, 0.4) is 0 Å². The summed E-state index contributed by atoms with van der Waals surface area (Å²) in [6.45, 7) is -0.643. The Kier molecular flexibility index (Phi) is 4.59. The van der Waals surface area contributed by atoms with Crippen LogP contribution < -0.4 is 0 Å². The van der Waals surface area contributed by atoms with Crippen molar-refractivity contribution in [3.05, 3.63) is 26.9 Å². The van der Waals surface area contributed by atoms with Crippen LogP contribution in [0.5, 0.6) is 0 Å². The number of H-pyrrole nitrogens is 1. The number of rotatable bonds is 4. The van der Waals surface area contributed by atoms with E-state index in [1.54, 1.807) is 12.1 Å². The van der Waals surface area contributed by atoms with Crippen LogP contribution in [0.2, 0.25) is 0 Å². The molecular weight excluding hydrogens is 384 g/mol. The monoisotopic (exact) mass is 394 g/mol. The first kappa shape index (κ1) is 14.9. The molecule has 2 rings (SSSR count). The maximum atomic E-state index is 9.89. The van der Waals surface area contributed by atoms with Crippen LogP contribution in [-0.4, -0.2) is 49.2 Å². The summed E-state index contributed by atoms with van der Waals surface area (Å²) in [4.78, 5) is 7.00. The number of aromatic amines is 1. The van der Waals surface area contributed by atoms with Crippen molar-refractivity contribution in [2.75, 3.05) is 6.61 Å². The molecule has 0 aliphatic heterocycles. The van der Waals surface area contributed by atoms with Gasteiger partial charge in [0.15, 0.2) is 0 Å². The van der Waals surface area contributed by atoms with Crippen molar-refractivity contribution in [2.45, 2.75) is 18.3 Å². The van der Waals surface area contributed by atoms with Gasteiger partial charge in [0.25, 0.3) is 0 Å². The van der Waals surface area contributed by atoms with Crippen molar-refractivity contribution < 1.29 is 20.4 Å². The molecule has 0 saturated heterocycles. The van der Waals surface area contributed by atoms with Crippen LogP contribution in [0, 0.1) is 0 Å². The van der Waals surface area contributed by atoms with Gasteiger partial charge in [-0.25, -0.2) is 4.98 Å². The molecule has 0 saturated carbocycles. The van der Waals surface area contributed by atoms with E-state index in [2.05, 4.69) is 41.8 Å². The number of aromatic nitrogens is 2. The number of halogens is 2. The molecule has 0 bridgehead atoms. The number of fused-ring (bicyclic) bond motifs is 1. The highest BCUT2D eigenvalue weighted by Gasteiger charge is 2.27. The zero-order valence-electron chi connectivity index (χ0n) is 9.59. The van der Waals surface area contributed by atoms with E-state index in [0.29, 0.717) is 11.0 Å². The maximum Gasteiger partial charge on any atom is 0.140 e. The van der Waals surface area contributed by atoms with E-state index in [1.165, 1.54) is 0 Å². The summed E-state index contributed by atoms with van der Waals surface area (Å²) < 4.78 is 1.63. The third-order valence-electron chi connectivity index (χ3n) is 2.73. The lowest BCUT2D eigenvalue weighted by molar-refractivity contribution is -0.0800. The summed E-state index contributed by atoms with van der Waals surface area (Å²) >= 11 is 6.69. The molecule has 104 valence electrons. The Balaban J connectivity index is 2.35. The van der Waals surface area contributed by atoms with Gasteiger partial charge in [0.2, 0.25) is 0 Å². The Hall–Kier alpha value is -0.510. The Morgan fingerprint density at radius 3 is 2.42 bits per heavy atom. The number of aliphatic hydroxyl groups excluding tert-OH is 4. The molecule has 6 nitrogen and oxygen atoms in total. The lowest BCUT2D eigenvalue weighted by Crippen LogP contribution is -2.35. The summed E-state index contributed by atoms with van der Waals surface area (Å²) in [5.74, 6) is 0.125. The number of nitrogens with zero attached hydrogens (tertiary/aromatic N) is 1. The second-order valence-electron chi connectivity index (χ2n) is 4.09. The largest absolute Gasteiger partial charge is 0.394 e. The van der Waals surface area contributed by atoms with E-state index < -0.39 is 24.9 Å². The van der Waals surface area contributed by atoms with Gasteiger partial charge < -0.3 is 25.4 Å². The number of aliphatic hydroxyl groups is 4. The molecule has 19 heavy (non-hydrogen) atoms. The van der Waals surface area contributed by atoms with Crippen LogP contribution >= 0.6 is 31.9 Å². The number of imidazole rings is 1. The van der Waals surface area contributed by atoms with E-state index in [-0.39, 0.29) is 5.82 Å². The van der Waals surface area contributed by atoms with E-state index >= 15 is 0 Å². The van der Waals surface area contributed by atoms with Crippen LogP contribution in [-0.2, 0) is 0 Å². The SMILES string of the molecule is OC[C@@H](O)C(O)[C@H](O)c1nc2cc(Br)c(Br)cc2[nH]1.